The van der Waals surface area contributed by atoms with Crippen molar-refractivity contribution >= 4 is 87.4 Å². The first kappa shape index (κ1) is 30.4. The maximum Gasteiger partial charge on any atom is 0.145 e. The number of nitrogens with zero attached hydrogens (tertiary/aromatic N) is 5. The molecule has 6 heteroatoms. The number of furan rings is 1. The van der Waals surface area contributed by atoms with Crippen LogP contribution in [-0.4, -0.2) is 13.7 Å². The molecule has 0 unspecified atom stereocenters. The van der Waals surface area contributed by atoms with Gasteiger partial charge >= 0.3 is 0 Å². The van der Waals surface area contributed by atoms with Crippen LogP contribution in [0.4, 0.5) is 0 Å². The third-order valence-corrected chi connectivity index (χ3v) is 11.5. The lowest BCUT2D eigenvalue weighted by Crippen LogP contribution is -2.04. The molecule has 56 heavy (non-hydrogen) atoms. The molecule has 4 heterocycles. The van der Waals surface area contributed by atoms with E-state index < -0.39 is 0 Å². The maximum absolute atomic E-state index is 10.8. The second-order valence-corrected chi connectivity index (χ2v) is 14.3. The topological polar surface area (TPSA) is 75.5 Å². The zero-order valence-corrected chi connectivity index (χ0v) is 29.7. The Morgan fingerprint density at radius 3 is 1.25 bits per heavy atom. The number of aromatic nitrogens is 3. The smallest absolute Gasteiger partial charge is 0.145 e. The van der Waals surface area contributed by atoms with E-state index in [1.54, 1.807) is 0 Å². The quantitative estimate of drug-likeness (QED) is 0.183. The van der Waals surface area contributed by atoms with Gasteiger partial charge in [-0.05, 0) is 72.8 Å². The summed E-state index contributed by atoms with van der Waals surface area (Å²) >= 11 is 0. The monoisotopic (exact) mass is 713 g/mol. The molecule has 0 bridgehead atoms. The molecule has 6 nitrogen and oxygen atoms in total. The molecule has 12 rings (SSSR count). The Balaban J connectivity index is 1.15. The van der Waals surface area contributed by atoms with Crippen molar-refractivity contribution in [1.82, 2.24) is 13.7 Å². The molecule has 0 atom stereocenters. The largest absolute Gasteiger partial charge is 0.455 e. The zero-order chi connectivity index (χ0) is 37.1. The van der Waals surface area contributed by atoms with E-state index in [-0.39, 0.29) is 0 Å². The van der Waals surface area contributed by atoms with E-state index in [4.69, 9.17) is 4.42 Å². The normalized spacial score (nSPS) is 11.9. The van der Waals surface area contributed by atoms with Gasteiger partial charge in [0.15, 0.2) is 0 Å². The third-order valence-electron chi connectivity index (χ3n) is 11.5. The molecule has 0 spiro atoms. The summed E-state index contributed by atoms with van der Waals surface area (Å²) in [5, 5.41) is 30.0. The van der Waals surface area contributed by atoms with Gasteiger partial charge in [-0.1, -0.05) is 91.0 Å². The maximum atomic E-state index is 10.8. The van der Waals surface area contributed by atoms with Gasteiger partial charge in [-0.15, -0.1) is 0 Å². The second kappa shape index (κ2) is 11.2. The Hall–Kier alpha value is -8.06. The third kappa shape index (κ3) is 3.92. The number of fused-ring (bicyclic) bond motifs is 14. The van der Waals surface area contributed by atoms with Crippen molar-refractivity contribution in [2.45, 2.75) is 0 Å². The summed E-state index contributed by atoms with van der Waals surface area (Å²) in [5.74, 6) is 0. The minimum atomic E-state index is 0.462. The second-order valence-electron chi connectivity index (χ2n) is 14.3. The van der Waals surface area contributed by atoms with Gasteiger partial charge in [-0.2, -0.15) is 10.5 Å². The molecular weight excluding hydrogens is 687 g/mol. The van der Waals surface area contributed by atoms with Gasteiger partial charge in [0.05, 0.1) is 66.4 Å². The number of hydrogen-bond acceptors (Lipinski definition) is 3. The van der Waals surface area contributed by atoms with Crippen LogP contribution in [0.15, 0.2) is 168 Å². The van der Waals surface area contributed by atoms with Crippen molar-refractivity contribution in [3.8, 4) is 29.2 Å². The van der Waals surface area contributed by atoms with Crippen molar-refractivity contribution in [2.24, 2.45) is 0 Å². The van der Waals surface area contributed by atoms with Crippen LogP contribution in [0.2, 0.25) is 0 Å². The van der Waals surface area contributed by atoms with Crippen LogP contribution in [0, 0.1) is 22.7 Å². The molecule has 0 aliphatic rings. The van der Waals surface area contributed by atoms with E-state index in [1.165, 1.54) is 0 Å². The zero-order valence-electron chi connectivity index (χ0n) is 29.7. The number of nitriles is 2. The minimum absolute atomic E-state index is 0.462. The molecule has 0 N–H and O–H groups in total. The molecule has 0 saturated heterocycles. The predicted molar refractivity (Wildman–Crippen MR) is 226 cm³/mol. The summed E-state index contributed by atoms with van der Waals surface area (Å²) in [6, 6.07) is 60.9. The minimum Gasteiger partial charge on any atom is -0.455 e. The van der Waals surface area contributed by atoms with E-state index in [2.05, 4.69) is 135 Å². The van der Waals surface area contributed by atoms with Gasteiger partial charge in [0.2, 0.25) is 0 Å². The van der Waals surface area contributed by atoms with Crippen LogP contribution in [0.3, 0.4) is 0 Å². The standard InChI is InChI=1S/C50H27N5O/c51-28-30-27-46(31(29-52)26-45(30)54-39-18-8-4-14-33(39)34-15-5-9-19-40(34)54)55-42-21-11-7-17-38(42)48-44(55)25-23-36-35-22-24-43-47(49(35)56-50(36)48)37-16-6-10-20-41(37)53(43)32-12-2-1-3-13-32/h1-27H. The Bertz CT molecular complexity index is 3680. The average Bonchev–Trinajstić information content (AvgIpc) is 3.99. The molecule has 0 aliphatic carbocycles. The van der Waals surface area contributed by atoms with Gasteiger partial charge in [-0.3, -0.25) is 0 Å². The predicted octanol–water partition coefficient (Wildman–Crippen LogP) is 12.6. The van der Waals surface area contributed by atoms with Gasteiger partial charge in [0.1, 0.15) is 23.3 Å². The summed E-state index contributed by atoms with van der Waals surface area (Å²) in [6.07, 6.45) is 0. The average molecular weight is 714 g/mol. The Kier molecular flexibility index (Phi) is 6.10. The SMILES string of the molecule is N#Cc1cc(-n2c3ccccc3c3c4oc5c(ccc6c5c5ccccc5n6-c5ccccc5)c4ccc32)c(C#N)cc1-n1c2ccccc2c2ccccc21. The van der Waals surface area contributed by atoms with Gasteiger partial charge in [0, 0.05) is 38.0 Å². The van der Waals surface area contributed by atoms with Gasteiger partial charge < -0.3 is 18.1 Å². The highest BCUT2D eigenvalue weighted by Gasteiger charge is 2.24. The van der Waals surface area contributed by atoms with Crippen molar-refractivity contribution in [2.75, 3.05) is 0 Å². The lowest BCUT2D eigenvalue weighted by Gasteiger charge is -2.15. The number of benzene rings is 8. The van der Waals surface area contributed by atoms with Gasteiger partial charge in [0.25, 0.3) is 0 Å². The highest BCUT2D eigenvalue weighted by molar-refractivity contribution is 6.29. The fraction of sp³-hybridized carbons (Fsp3) is 0. The van der Waals surface area contributed by atoms with Crippen LogP contribution >= 0.6 is 0 Å². The molecule has 8 aromatic carbocycles. The molecule has 0 radical (unpaired) electrons. The molecular formula is C50H27N5O. The fourth-order valence-electron chi connectivity index (χ4n) is 9.22. The van der Waals surface area contributed by atoms with Crippen LogP contribution in [0.25, 0.3) is 104 Å². The van der Waals surface area contributed by atoms with Crippen molar-refractivity contribution in [3.05, 3.63) is 175 Å². The lowest BCUT2D eigenvalue weighted by molar-refractivity contribution is 0.677. The summed E-state index contributed by atoms with van der Waals surface area (Å²) in [6.45, 7) is 0. The van der Waals surface area contributed by atoms with E-state index >= 15 is 0 Å². The van der Waals surface area contributed by atoms with Crippen molar-refractivity contribution < 1.29 is 4.42 Å². The van der Waals surface area contributed by atoms with E-state index in [9.17, 15) is 10.5 Å². The van der Waals surface area contributed by atoms with Gasteiger partial charge in [-0.25, -0.2) is 0 Å². The van der Waals surface area contributed by atoms with Crippen molar-refractivity contribution in [3.63, 3.8) is 0 Å². The first-order valence-corrected chi connectivity index (χ1v) is 18.6. The number of para-hydroxylation sites is 5. The Morgan fingerprint density at radius 1 is 0.357 bits per heavy atom. The number of rotatable bonds is 3. The highest BCUT2D eigenvalue weighted by atomic mass is 16.3. The van der Waals surface area contributed by atoms with Crippen LogP contribution < -0.4 is 0 Å². The lowest BCUT2D eigenvalue weighted by atomic mass is 10.1. The molecule has 258 valence electrons. The fourth-order valence-corrected chi connectivity index (χ4v) is 9.22. The van der Waals surface area contributed by atoms with Crippen LogP contribution in [0.5, 0.6) is 0 Å². The molecule has 0 saturated carbocycles. The molecule has 12 aromatic rings. The number of hydrogen-bond donors (Lipinski definition) is 0. The van der Waals surface area contributed by atoms with Crippen molar-refractivity contribution in [1.29, 1.82) is 10.5 Å². The molecule has 0 fully saturated rings. The summed E-state index contributed by atoms with van der Waals surface area (Å²) in [7, 11) is 0. The summed E-state index contributed by atoms with van der Waals surface area (Å²) in [5.41, 5.74) is 10.9. The van der Waals surface area contributed by atoms with Crippen LogP contribution in [0.1, 0.15) is 11.1 Å². The summed E-state index contributed by atoms with van der Waals surface area (Å²) < 4.78 is 13.6. The molecule has 0 aliphatic heterocycles. The molecule has 4 aromatic heterocycles. The molecule has 0 amide bonds. The Labute approximate surface area is 319 Å². The highest BCUT2D eigenvalue weighted by Crippen LogP contribution is 2.45. The summed E-state index contributed by atoms with van der Waals surface area (Å²) in [4.78, 5) is 0. The Morgan fingerprint density at radius 2 is 0.750 bits per heavy atom. The van der Waals surface area contributed by atoms with E-state index in [1.807, 2.05) is 54.6 Å². The van der Waals surface area contributed by atoms with E-state index in [0.717, 1.165) is 93.0 Å². The van der Waals surface area contributed by atoms with Crippen LogP contribution in [-0.2, 0) is 0 Å². The first-order chi connectivity index (χ1) is 27.7. The first-order valence-electron chi connectivity index (χ1n) is 18.6. The van der Waals surface area contributed by atoms with E-state index in [0.29, 0.717) is 22.5 Å².